The van der Waals surface area contributed by atoms with Gasteiger partial charge in [0.15, 0.2) is 0 Å². The number of hydrogen-bond donors (Lipinski definition) is 1. The second-order valence-electron chi connectivity index (χ2n) is 4.94. The highest BCUT2D eigenvalue weighted by Gasteiger charge is 2.25. The van der Waals surface area contributed by atoms with Gasteiger partial charge >= 0.3 is 0 Å². The van der Waals surface area contributed by atoms with Crippen LogP contribution in [0.25, 0.3) is 0 Å². The zero-order valence-corrected chi connectivity index (χ0v) is 10.9. The summed E-state index contributed by atoms with van der Waals surface area (Å²) in [4.78, 5) is 14.0. The lowest BCUT2D eigenvalue weighted by Crippen LogP contribution is -2.45. The van der Waals surface area contributed by atoms with Gasteiger partial charge in [0.1, 0.15) is 0 Å². The second kappa shape index (κ2) is 6.00. The zero-order chi connectivity index (χ0) is 13.0. The number of aryl methyl sites for hydroxylation is 2. The molecule has 1 aliphatic rings. The predicted molar refractivity (Wildman–Crippen MR) is 68.0 cm³/mol. The first-order valence-corrected chi connectivity index (χ1v) is 6.58. The van der Waals surface area contributed by atoms with Crippen molar-refractivity contribution >= 4 is 5.91 Å². The Kier molecular flexibility index (Phi) is 4.36. The molecule has 1 unspecified atom stereocenters. The maximum absolute atomic E-state index is 12.1. The topological polar surface area (TPSA) is 58.4 Å². The van der Waals surface area contributed by atoms with Crippen LogP contribution in [0, 0.1) is 0 Å². The third kappa shape index (κ3) is 3.10. The number of rotatable bonds is 4. The largest absolute Gasteiger partial charge is 0.394 e. The number of aliphatic hydroxyl groups is 1. The number of carbonyl (C=O) groups excluding carboxylic acids is 1. The van der Waals surface area contributed by atoms with Gasteiger partial charge in [-0.05, 0) is 31.2 Å². The van der Waals surface area contributed by atoms with E-state index in [1.54, 1.807) is 10.9 Å². The van der Waals surface area contributed by atoms with Crippen molar-refractivity contribution in [2.45, 2.75) is 38.1 Å². The summed E-state index contributed by atoms with van der Waals surface area (Å²) in [7, 11) is 1.87. The number of aromatic nitrogens is 2. The lowest BCUT2D eigenvalue weighted by molar-refractivity contribution is -0.135. The Bertz CT molecular complexity index is 403. The lowest BCUT2D eigenvalue weighted by atomic mass is 10.0. The molecule has 2 heterocycles. The number of nitrogens with zero attached hydrogens (tertiary/aromatic N) is 3. The molecule has 1 aromatic heterocycles. The molecule has 1 atom stereocenters. The van der Waals surface area contributed by atoms with E-state index in [1.165, 1.54) is 0 Å². The van der Waals surface area contributed by atoms with Crippen molar-refractivity contribution in [2.75, 3.05) is 13.2 Å². The van der Waals surface area contributed by atoms with Crippen LogP contribution in [-0.4, -0.2) is 44.9 Å². The summed E-state index contributed by atoms with van der Waals surface area (Å²) in [6.07, 6.45) is 8.05. The van der Waals surface area contributed by atoms with Crippen molar-refractivity contribution in [3.8, 4) is 0 Å². The quantitative estimate of drug-likeness (QED) is 0.858. The Hall–Kier alpha value is -1.36. The summed E-state index contributed by atoms with van der Waals surface area (Å²) in [5.41, 5.74) is 1.09. The van der Waals surface area contributed by atoms with Gasteiger partial charge in [-0.3, -0.25) is 9.48 Å². The fraction of sp³-hybridized carbons (Fsp3) is 0.692. The number of carbonyl (C=O) groups is 1. The Labute approximate surface area is 107 Å². The molecule has 0 radical (unpaired) electrons. The molecule has 1 N–H and O–H groups in total. The summed E-state index contributed by atoms with van der Waals surface area (Å²) < 4.78 is 1.75. The smallest absolute Gasteiger partial charge is 0.223 e. The maximum atomic E-state index is 12.1. The van der Waals surface area contributed by atoms with Crippen LogP contribution in [-0.2, 0) is 18.3 Å². The van der Waals surface area contributed by atoms with Crippen molar-refractivity contribution in [2.24, 2.45) is 7.05 Å². The van der Waals surface area contributed by atoms with Gasteiger partial charge in [-0.1, -0.05) is 0 Å². The first kappa shape index (κ1) is 13.1. The van der Waals surface area contributed by atoms with E-state index in [1.807, 2.05) is 18.1 Å². The van der Waals surface area contributed by atoms with Crippen LogP contribution in [0.2, 0.25) is 0 Å². The fourth-order valence-corrected chi connectivity index (χ4v) is 2.51. The third-order valence-electron chi connectivity index (χ3n) is 3.54. The van der Waals surface area contributed by atoms with Crippen molar-refractivity contribution in [1.29, 1.82) is 0 Å². The predicted octanol–water partition coefficient (Wildman–Crippen LogP) is 0.726. The SMILES string of the molecule is Cn1cc(CCC(=O)N2CCCCC2CO)cn1. The van der Waals surface area contributed by atoms with E-state index in [0.29, 0.717) is 6.42 Å². The van der Waals surface area contributed by atoms with Gasteiger partial charge in [-0.15, -0.1) is 0 Å². The van der Waals surface area contributed by atoms with E-state index in [2.05, 4.69) is 5.10 Å². The first-order valence-electron chi connectivity index (χ1n) is 6.58. The number of piperidine rings is 1. The molecule has 0 saturated carbocycles. The van der Waals surface area contributed by atoms with Crippen molar-refractivity contribution < 1.29 is 9.90 Å². The lowest BCUT2D eigenvalue weighted by Gasteiger charge is -2.34. The molecule has 100 valence electrons. The fourth-order valence-electron chi connectivity index (χ4n) is 2.51. The molecule has 5 nitrogen and oxygen atoms in total. The highest BCUT2D eigenvalue weighted by molar-refractivity contribution is 5.76. The van der Waals surface area contributed by atoms with Crippen molar-refractivity contribution in [3.05, 3.63) is 18.0 Å². The number of aliphatic hydroxyl groups excluding tert-OH is 1. The Morgan fingerprint density at radius 1 is 1.56 bits per heavy atom. The molecule has 5 heteroatoms. The molecule has 1 fully saturated rings. The molecule has 1 aromatic rings. The van der Waals surface area contributed by atoms with Gasteiger partial charge in [-0.25, -0.2) is 0 Å². The highest BCUT2D eigenvalue weighted by Crippen LogP contribution is 2.18. The van der Waals surface area contributed by atoms with E-state index in [0.717, 1.165) is 37.8 Å². The third-order valence-corrected chi connectivity index (χ3v) is 3.54. The van der Waals surface area contributed by atoms with E-state index in [9.17, 15) is 9.90 Å². The summed E-state index contributed by atoms with van der Waals surface area (Å²) >= 11 is 0. The number of hydrogen-bond acceptors (Lipinski definition) is 3. The minimum atomic E-state index is 0.0279. The molecule has 0 spiro atoms. The summed E-state index contributed by atoms with van der Waals surface area (Å²) in [5, 5.41) is 13.4. The standard InChI is InChI=1S/C13H21N3O2/c1-15-9-11(8-14-15)5-6-13(18)16-7-3-2-4-12(16)10-17/h8-9,12,17H,2-7,10H2,1H3. The minimum Gasteiger partial charge on any atom is -0.394 e. The Morgan fingerprint density at radius 3 is 3.06 bits per heavy atom. The van der Waals surface area contributed by atoms with Gasteiger partial charge in [0.2, 0.25) is 5.91 Å². The zero-order valence-electron chi connectivity index (χ0n) is 10.9. The molecule has 1 aliphatic heterocycles. The molecule has 0 aliphatic carbocycles. The van der Waals surface area contributed by atoms with E-state index in [4.69, 9.17) is 0 Å². The maximum Gasteiger partial charge on any atom is 0.223 e. The summed E-state index contributed by atoms with van der Waals surface area (Å²) in [5.74, 6) is 0.151. The average molecular weight is 251 g/mol. The van der Waals surface area contributed by atoms with Crippen LogP contribution in [0.1, 0.15) is 31.2 Å². The normalized spacial score (nSPS) is 20.1. The minimum absolute atomic E-state index is 0.0279. The number of amides is 1. The molecular formula is C13H21N3O2. The molecular weight excluding hydrogens is 230 g/mol. The molecule has 1 saturated heterocycles. The van der Waals surface area contributed by atoms with Gasteiger partial charge < -0.3 is 10.0 Å². The monoisotopic (exact) mass is 251 g/mol. The van der Waals surface area contributed by atoms with Crippen LogP contribution in [0.5, 0.6) is 0 Å². The molecule has 2 rings (SSSR count). The average Bonchev–Trinajstić information content (AvgIpc) is 2.81. The summed E-state index contributed by atoms with van der Waals surface area (Å²) in [6.45, 7) is 0.871. The van der Waals surface area contributed by atoms with Gasteiger partial charge in [0.05, 0.1) is 18.8 Å². The second-order valence-corrected chi connectivity index (χ2v) is 4.94. The first-order chi connectivity index (χ1) is 8.70. The van der Waals surface area contributed by atoms with Crippen LogP contribution < -0.4 is 0 Å². The Balaban J connectivity index is 1.86. The van der Waals surface area contributed by atoms with E-state index < -0.39 is 0 Å². The molecule has 0 bridgehead atoms. The number of likely N-dealkylation sites (tertiary alicyclic amines) is 1. The highest BCUT2D eigenvalue weighted by atomic mass is 16.3. The van der Waals surface area contributed by atoms with Gasteiger partial charge in [0, 0.05) is 26.2 Å². The van der Waals surface area contributed by atoms with Crippen molar-refractivity contribution in [1.82, 2.24) is 14.7 Å². The van der Waals surface area contributed by atoms with Crippen LogP contribution >= 0.6 is 0 Å². The van der Waals surface area contributed by atoms with Gasteiger partial charge in [-0.2, -0.15) is 5.10 Å². The van der Waals surface area contributed by atoms with Crippen LogP contribution in [0.15, 0.2) is 12.4 Å². The molecule has 18 heavy (non-hydrogen) atoms. The van der Waals surface area contributed by atoms with Crippen LogP contribution in [0.4, 0.5) is 0 Å². The van der Waals surface area contributed by atoms with E-state index >= 15 is 0 Å². The van der Waals surface area contributed by atoms with E-state index in [-0.39, 0.29) is 18.6 Å². The molecule has 1 amide bonds. The van der Waals surface area contributed by atoms with Crippen molar-refractivity contribution in [3.63, 3.8) is 0 Å². The van der Waals surface area contributed by atoms with Gasteiger partial charge in [0.25, 0.3) is 0 Å². The van der Waals surface area contributed by atoms with Crippen LogP contribution in [0.3, 0.4) is 0 Å². The molecule has 0 aromatic carbocycles. The Morgan fingerprint density at radius 2 is 2.39 bits per heavy atom. The summed E-state index contributed by atoms with van der Waals surface area (Å²) in [6, 6.07) is 0.0279.